The van der Waals surface area contributed by atoms with Crippen LogP contribution in [0.2, 0.25) is 0 Å². The predicted octanol–water partition coefficient (Wildman–Crippen LogP) is 4.40. The summed E-state index contributed by atoms with van der Waals surface area (Å²) in [7, 11) is 0. The number of carbonyl (C=O) groups is 4. The van der Waals surface area contributed by atoms with Crippen molar-refractivity contribution in [3.05, 3.63) is 47.5 Å². The SMILES string of the molecule is CC(C)(C)OC(=O)CC(NC(=O)CCc1cccc(O)c1OCCCCOc1cc(N)ccc1C(=O)O)C(=O)OC(C)(C)C. The number of phenolic OH excluding ortho intramolecular Hbond substituents is 1. The molecule has 0 aliphatic carbocycles. The standard InChI is InChI=1S/C32H44N2O10/c1-31(2,3)43-27(37)19-23(30(40)44-32(4,5)6)34-26(36)15-12-20-10-9-11-24(35)28(20)42-17-8-7-16-41-25-18-21(33)13-14-22(25)29(38)39/h9-11,13-14,18,23,35H,7-8,12,15-17,19,33H2,1-6H3,(H,34,36)(H,38,39). The van der Waals surface area contributed by atoms with E-state index < -0.39 is 47.5 Å². The summed E-state index contributed by atoms with van der Waals surface area (Å²) in [6.07, 6.45) is 0.786. The van der Waals surface area contributed by atoms with E-state index in [0.717, 1.165) is 0 Å². The Balaban J connectivity index is 1.94. The number of phenols is 1. The Morgan fingerprint density at radius 1 is 0.909 bits per heavy atom. The van der Waals surface area contributed by atoms with Crippen molar-refractivity contribution in [3.8, 4) is 17.2 Å². The average molecular weight is 617 g/mol. The van der Waals surface area contributed by atoms with Crippen molar-refractivity contribution in [2.24, 2.45) is 0 Å². The molecule has 242 valence electrons. The van der Waals surface area contributed by atoms with Crippen LogP contribution in [0.5, 0.6) is 17.2 Å². The van der Waals surface area contributed by atoms with Crippen LogP contribution in [0.25, 0.3) is 0 Å². The van der Waals surface area contributed by atoms with Crippen LogP contribution in [-0.4, -0.2) is 64.5 Å². The van der Waals surface area contributed by atoms with Crippen LogP contribution in [0, 0.1) is 0 Å². The number of unbranched alkanes of at least 4 members (excludes halogenated alkanes) is 1. The van der Waals surface area contributed by atoms with E-state index >= 15 is 0 Å². The smallest absolute Gasteiger partial charge is 0.339 e. The molecule has 12 heteroatoms. The second kappa shape index (κ2) is 15.8. The maximum atomic E-state index is 12.9. The zero-order valence-electron chi connectivity index (χ0n) is 26.2. The fourth-order valence-corrected chi connectivity index (χ4v) is 3.96. The summed E-state index contributed by atoms with van der Waals surface area (Å²) < 4.78 is 22.1. The number of aromatic carboxylic acids is 1. The lowest BCUT2D eigenvalue weighted by atomic mass is 10.1. The summed E-state index contributed by atoms with van der Waals surface area (Å²) in [5.41, 5.74) is 5.11. The molecule has 1 atom stereocenters. The molecule has 0 aliphatic heterocycles. The zero-order valence-corrected chi connectivity index (χ0v) is 26.2. The molecule has 12 nitrogen and oxygen atoms in total. The molecule has 0 bridgehead atoms. The molecule has 0 aromatic heterocycles. The van der Waals surface area contributed by atoms with Gasteiger partial charge in [0.15, 0.2) is 11.5 Å². The highest BCUT2D eigenvalue weighted by Crippen LogP contribution is 2.31. The molecule has 0 fully saturated rings. The second-order valence-electron chi connectivity index (χ2n) is 12.2. The number of hydrogen-bond donors (Lipinski definition) is 4. The summed E-state index contributed by atoms with van der Waals surface area (Å²) in [6, 6.07) is 7.89. The first kappa shape index (κ1) is 35.7. The van der Waals surface area contributed by atoms with Crippen molar-refractivity contribution in [1.82, 2.24) is 5.32 Å². The molecular formula is C32H44N2O10. The summed E-state index contributed by atoms with van der Waals surface area (Å²) in [5.74, 6) is -2.72. The lowest BCUT2D eigenvalue weighted by molar-refractivity contribution is -0.165. The quantitative estimate of drug-likeness (QED) is 0.126. The molecule has 2 rings (SSSR count). The highest BCUT2D eigenvalue weighted by atomic mass is 16.6. The van der Waals surface area contributed by atoms with Gasteiger partial charge in [-0.2, -0.15) is 0 Å². The van der Waals surface area contributed by atoms with Crippen LogP contribution in [-0.2, 0) is 30.3 Å². The summed E-state index contributed by atoms with van der Waals surface area (Å²) >= 11 is 0. The Morgan fingerprint density at radius 3 is 2.16 bits per heavy atom. The third-order valence-electron chi connectivity index (χ3n) is 5.79. The molecule has 1 unspecified atom stereocenters. The van der Waals surface area contributed by atoms with Crippen LogP contribution in [0.15, 0.2) is 36.4 Å². The van der Waals surface area contributed by atoms with Crippen LogP contribution in [0.3, 0.4) is 0 Å². The first-order chi connectivity index (χ1) is 20.4. The minimum Gasteiger partial charge on any atom is -0.504 e. The highest BCUT2D eigenvalue weighted by molar-refractivity contribution is 5.91. The molecular weight excluding hydrogens is 572 g/mol. The molecule has 5 N–H and O–H groups in total. The Kier molecular flexibility index (Phi) is 12.9. The Labute approximate surface area is 257 Å². The number of carboxylic acids is 1. The van der Waals surface area contributed by atoms with Gasteiger partial charge in [-0.1, -0.05) is 12.1 Å². The average Bonchev–Trinajstić information content (AvgIpc) is 2.87. The van der Waals surface area contributed by atoms with Gasteiger partial charge >= 0.3 is 17.9 Å². The number of para-hydroxylation sites is 1. The highest BCUT2D eigenvalue weighted by Gasteiger charge is 2.31. The number of rotatable bonds is 15. The van der Waals surface area contributed by atoms with E-state index in [-0.39, 0.29) is 48.9 Å². The largest absolute Gasteiger partial charge is 0.504 e. The number of hydrogen-bond acceptors (Lipinski definition) is 10. The van der Waals surface area contributed by atoms with Crippen molar-refractivity contribution >= 4 is 29.5 Å². The molecule has 2 aromatic carbocycles. The van der Waals surface area contributed by atoms with E-state index in [0.29, 0.717) is 24.1 Å². The third-order valence-corrected chi connectivity index (χ3v) is 5.79. The number of esters is 2. The molecule has 2 aromatic rings. The van der Waals surface area contributed by atoms with Crippen molar-refractivity contribution in [2.75, 3.05) is 18.9 Å². The molecule has 0 aliphatic rings. The van der Waals surface area contributed by atoms with Gasteiger partial charge in [-0.05, 0) is 84.6 Å². The number of aromatic hydroxyl groups is 1. The number of anilines is 1. The van der Waals surface area contributed by atoms with Gasteiger partial charge in [0, 0.05) is 18.2 Å². The predicted molar refractivity (Wildman–Crippen MR) is 163 cm³/mol. The summed E-state index contributed by atoms with van der Waals surface area (Å²) in [5, 5.41) is 22.3. The van der Waals surface area contributed by atoms with Crippen LogP contribution in [0.4, 0.5) is 5.69 Å². The Bertz CT molecular complexity index is 1310. The second-order valence-corrected chi connectivity index (χ2v) is 12.2. The van der Waals surface area contributed by atoms with Gasteiger partial charge in [0.2, 0.25) is 5.91 Å². The van der Waals surface area contributed by atoms with Crippen molar-refractivity contribution in [3.63, 3.8) is 0 Å². The van der Waals surface area contributed by atoms with E-state index in [4.69, 9.17) is 24.7 Å². The first-order valence-electron chi connectivity index (χ1n) is 14.4. The molecule has 1 amide bonds. The Morgan fingerprint density at radius 2 is 1.55 bits per heavy atom. The van der Waals surface area contributed by atoms with Gasteiger partial charge < -0.3 is 40.2 Å². The summed E-state index contributed by atoms with van der Waals surface area (Å²) in [6.45, 7) is 10.6. The van der Waals surface area contributed by atoms with Gasteiger partial charge in [-0.3, -0.25) is 9.59 Å². The molecule has 0 spiro atoms. The molecule has 0 saturated heterocycles. The van der Waals surface area contributed by atoms with Crippen LogP contribution < -0.4 is 20.5 Å². The number of benzene rings is 2. The van der Waals surface area contributed by atoms with E-state index in [9.17, 15) is 29.4 Å². The molecule has 0 heterocycles. The monoisotopic (exact) mass is 616 g/mol. The minimum atomic E-state index is -1.24. The lowest BCUT2D eigenvalue weighted by Crippen LogP contribution is -2.46. The van der Waals surface area contributed by atoms with Crippen molar-refractivity contribution in [2.45, 2.75) is 90.9 Å². The fraction of sp³-hybridized carbons (Fsp3) is 0.500. The number of carbonyl (C=O) groups excluding carboxylic acids is 3. The molecule has 0 saturated carbocycles. The van der Waals surface area contributed by atoms with E-state index in [1.807, 2.05) is 0 Å². The van der Waals surface area contributed by atoms with E-state index in [1.54, 1.807) is 53.7 Å². The number of aryl methyl sites for hydroxylation is 1. The summed E-state index contributed by atoms with van der Waals surface area (Å²) in [4.78, 5) is 49.4. The molecule has 0 radical (unpaired) electrons. The number of nitrogens with two attached hydrogens (primary N) is 1. The zero-order chi connectivity index (χ0) is 33.1. The topological polar surface area (TPSA) is 184 Å². The van der Waals surface area contributed by atoms with Crippen LogP contribution >= 0.6 is 0 Å². The van der Waals surface area contributed by atoms with Gasteiger partial charge in [-0.15, -0.1) is 0 Å². The normalized spacial score (nSPS) is 12.1. The van der Waals surface area contributed by atoms with Crippen LogP contribution in [0.1, 0.15) is 83.1 Å². The van der Waals surface area contributed by atoms with E-state index in [1.165, 1.54) is 24.3 Å². The van der Waals surface area contributed by atoms with E-state index in [2.05, 4.69) is 5.32 Å². The number of nitrogen functional groups attached to an aromatic ring is 1. The van der Waals surface area contributed by atoms with Gasteiger partial charge in [0.25, 0.3) is 0 Å². The molecule has 44 heavy (non-hydrogen) atoms. The number of nitrogens with one attached hydrogen (secondary N) is 1. The third kappa shape index (κ3) is 12.8. The van der Waals surface area contributed by atoms with Crippen molar-refractivity contribution < 1.29 is 48.3 Å². The maximum absolute atomic E-state index is 12.9. The maximum Gasteiger partial charge on any atom is 0.339 e. The number of ether oxygens (including phenoxy) is 4. The van der Waals surface area contributed by atoms with Crippen molar-refractivity contribution in [1.29, 1.82) is 0 Å². The van der Waals surface area contributed by atoms with Gasteiger partial charge in [0.05, 0.1) is 19.6 Å². The number of amides is 1. The van der Waals surface area contributed by atoms with Gasteiger partial charge in [-0.25, -0.2) is 9.59 Å². The lowest BCUT2D eigenvalue weighted by Gasteiger charge is -2.25. The number of carboxylic acid groups (broad SMARTS) is 1. The Hall–Kier alpha value is -4.48. The van der Waals surface area contributed by atoms with Gasteiger partial charge in [0.1, 0.15) is 28.6 Å². The first-order valence-corrected chi connectivity index (χ1v) is 14.4. The minimum absolute atomic E-state index is 0.0144. The fourth-order valence-electron chi connectivity index (χ4n) is 3.96.